The van der Waals surface area contributed by atoms with Crippen LogP contribution in [-0.2, 0) is 16.1 Å². The van der Waals surface area contributed by atoms with Gasteiger partial charge in [-0.05, 0) is 17.7 Å². The molecule has 90 valence electrons. The van der Waals surface area contributed by atoms with Crippen LogP contribution in [0.2, 0.25) is 0 Å². The van der Waals surface area contributed by atoms with E-state index < -0.39 is 0 Å². The van der Waals surface area contributed by atoms with Gasteiger partial charge in [0.2, 0.25) is 5.91 Å². The molecule has 1 heterocycles. The third-order valence-corrected chi connectivity index (χ3v) is 2.59. The van der Waals surface area contributed by atoms with Crippen molar-refractivity contribution < 1.29 is 14.3 Å². The molecule has 0 unspecified atom stereocenters. The molecule has 0 aliphatic carbocycles. The zero-order chi connectivity index (χ0) is 12.3. The first-order chi connectivity index (χ1) is 8.20. The van der Waals surface area contributed by atoms with E-state index in [1.165, 1.54) is 0 Å². The number of imide groups is 1. The molecule has 3 amide bonds. The Morgan fingerprint density at radius 3 is 2.94 bits per heavy atom. The lowest BCUT2D eigenvalue weighted by Crippen LogP contribution is -2.49. The Morgan fingerprint density at radius 2 is 2.24 bits per heavy atom. The molecule has 0 spiro atoms. The number of carbonyl (C=O) groups is 2. The topological polar surface area (TPSA) is 58.6 Å². The van der Waals surface area contributed by atoms with Crippen LogP contribution in [0.25, 0.3) is 0 Å². The third-order valence-electron chi connectivity index (χ3n) is 2.59. The minimum Gasteiger partial charge on any atom is -0.380 e. The molecule has 1 saturated heterocycles. The van der Waals surface area contributed by atoms with Gasteiger partial charge in [0.25, 0.3) is 0 Å². The smallest absolute Gasteiger partial charge is 0.328 e. The molecular weight excluding hydrogens is 220 g/mol. The second-order valence-electron chi connectivity index (χ2n) is 3.86. The second-order valence-corrected chi connectivity index (χ2v) is 3.86. The van der Waals surface area contributed by atoms with Crippen LogP contribution in [0.4, 0.5) is 10.5 Å². The van der Waals surface area contributed by atoms with E-state index >= 15 is 0 Å². The minimum absolute atomic E-state index is 0.223. The number of hydrogen-bond donors (Lipinski definition) is 1. The molecule has 1 aliphatic heterocycles. The number of nitrogens with zero attached hydrogens (tertiary/aromatic N) is 1. The number of anilines is 1. The van der Waals surface area contributed by atoms with Gasteiger partial charge < -0.3 is 4.74 Å². The van der Waals surface area contributed by atoms with Crippen LogP contribution in [0.1, 0.15) is 12.0 Å². The summed E-state index contributed by atoms with van der Waals surface area (Å²) in [5.74, 6) is -0.223. The van der Waals surface area contributed by atoms with Crippen LogP contribution < -0.4 is 10.2 Å². The van der Waals surface area contributed by atoms with Crippen molar-refractivity contribution in [3.05, 3.63) is 29.8 Å². The highest BCUT2D eigenvalue weighted by Crippen LogP contribution is 2.18. The number of hydrogen-bond acceptors (Lipinski definition) is 3. The maximum atomic E-state index is 11.6. The van der Waals surface area contributed by atoms with Crippen molar-refractivity contribution >= 4 is 17.6 Å². The molecular formula is C12H14N2O3. The molecule has 17 heavy (non-hydrogen) atoms. The fourth-order valence-electron chi connectivity index (χ4n) is 1.79. The van der Waals surface area contributed by atoms with Crippen molar-refractivity contribution in [1.82, 2.24) is 5.32 Å². The SMILES string of the molecule is COCc1cccc(N2CCC(=O)NC2=O)c1. The summed E-state index contributed by atoms with van der Waals surface area (Å²) in [6.07, 6.45) is 0.334. The quantitative estimate of drug-likeness (QED) is 0.857. The minimum atomic E-state index is -0.365. The summed E-state index contributed by atoms with van der Waals surface area (Å²) < 4.78 is 5.04. The number of urea groups is 1. The van der Waals surface area contributed by atoms with Gasteiger partial charge in [0.1, 0.15) is 0 Å². The Labute approximate surface area is 99.4 Å². The lowest BCUT2D eigenvalue weighted by atomic mass is 10.2. The summed E-state index contributed by atoms with van der Waals surface area (Å²) in [5.41, 5.74) is 1.78. The molecule has 2 rings (SSSR count). The maximum Gasteiger partial charge on any atom is 0.328 e. The first-order valence-corrected chi connectivity index (χ1v) is 5.40. The molecule has 0 aromatic heterocycles. The van der Waals surface area contributed by atoms with Gasteiger partial charge in [-0.3, -0.25) is 15.0 Å². The van der Waals surface area contributed by atoms with E-state index in [1.807, 2.05) is 24.3 Å². The third kappa shape index (κ3) is 2.62. The van der Waals surface area contributed by atoms with Gasteiger partial charge in [0.05, 0.1) is 6.61 Å². The number of rotatable bonds is 3. The van der Waals surface area contributed by atoms with E-state index in [9.17, 15) is 9.59 Å². The zero-order valence-electron chi connectivity index (χ0n) is 9.60. The number of benzene rings is 1. The number of ether oxygens (including phenoxy) is 1. The highest BCUT2D eigenvalue weighted by Gasteiger charge is 2.23. The Kier molecular flexibility index (Phi) is 3.39. The molecule has 1 N–H and O–H groups in total. The molecule has 0 atom stereocenters. The lowest BCUT2D eigenvalue weighted by Gasteiger charge is -2.26. The number of carbonyl (C=O) groups excluding carboxylic acids is 2. The van der Waals surface area contributed by atoms with Gasteiger partial charge in [-0.15, -0.1) is 0 Å². The van der Waals surface area contributed by atoms with Crippen LogP contribution >= 0.6 is 0 Å². The Hall–Kier alpha value is -1.88. The molecule has 1 aromatic rings. The van der Waals surface area contributed by atoms with Gasteiger partial charge in [0, 0.05) is 25.8 Å². The van der Waals surface area contributed by atoms with Crippen LogP contribution in [0.3, 0.4) is 0 Å². The monoisotopic (exact) mass is 234 g/mol. The summed E-state index contributed by atoms with van der Waals surface area (Å²) in [6, 6.07) is 7.16. The molecule has 0 saturated carbocycles. The van der Waals surface area contributed by atoms with E-state index in [0.29, 0.717) is 19.6 Å². The van der Waals surface area contributed by atoms with E-state index in [2.05, 4.69) is 5.32 Å². The van der Waals surface area contributed by atoms with Crippen molar-refractivity contribution in [2.24, 2.45) is 0 Å². The van der Waals surface area contributed by atoms with Gasteiger partial charge in [0.15, 0.2) is 0 Å². The predicted octanol–water partition coefficient (Wildman–Crippen LogP) is 1.28. The largest absolute Gasteiger partial charge is 0.380 e. The standard InChI is InChI=1S/C12H14N2O3/c1-17-8-9-3-2-4-10(7-9)14-6-5-11(15)13-12(14)16/h2-4,7H,5-6,8H2,1H3,(H,13,15,16). The van der Waals surface area contributed by atoms with Gasteiger partial charge >= 0.3 is 6.03 Å². The van der Waals surface area contributed by atoms with E-state index in [1.54, 1.807) is 12.0 Å². The molecule has 5 heteroatoms. The fraction of sp³-hybridized carbons (Fsp3) is 0.333. The van der Waals surface area contributed by atoms with Crippen LogP contribution in [0.5, 0.6) is 0 Å². The molecule has 5 nitrogen and oxygen atoms in total. The Morgan fingerprint density at radius 1 is 1.41 bits per heavy atom. The summed E-state index contributed by atoms with van der Waals surface area (Å²) in [5, 5.41) is 2.30. The average Bonchev–Trinajstić information content (AvgIpc) is 2.29. The van der Waals surface area contributed by atoms with Crippen molar-refractivity contribution in [3.63, 3.8) is 0 Å². The average molecular weight is 234 g/mol. The molecule has 1 fully saturated rings. The van der Waals surface area contributed by atoms with Gasteiger partial charge in [-0.25, -0.2) is 4.79 Å². The number of amides is 3. The highest BCUT2D eigenvalue weighted by molar-refractivity contribution is 6.05. The van der Waals surface area contributed by atoms with Crippen molar-refractivity contribution in [3.8, 4) is 0 Å². The maximum absolute atomic E-state index is 11.6. The van der Waals surface area contributed by atoms with E-state index in [0.717, 1.165) is 11.3 Å². The molecule has 1 aromatic carbocycles. The first kappa shape index (κ1) is 11.6. The van der Waals surface area contributed by atoms with Crippen molar-refractivity contribution in [2.75, 3.05) is 18.6 Å². The summed E-state index contributed by atoms with van der Waals surface area (Å²) in [7, 11) is 1.62. The van der Waals surface area contributed by atoms with Crippen molar-refractivity contribution in [2.45, 2.75) is 13.0 Å². The Balaban J connectivity index is 2.18. The predicted molar refractivity (Wildman–Crippen MR) is 62.7 cm³/mol. The summed E-state index contributed by atoms with van der Waals surface area (Å²) in [4.78, 5) is 24.2. The van der Waals surface area contributed by atoms with Crippen LogP contribution in [-0.4, -0.2) is 25.6 Å². The first-order valence-electron chi connectivity index (χ1n) is 5.40. The van der Waals surface area contributed by atoms with E-state index in [4.69, 9.17) is 4.74 Å². The van der Waals surface area contributed by atoms with Crippen LogP contribution in [0.15, 0.2) is 24.3 Å². The second kappa shape index (κ2) is 4.97. The number of nitrogens with one attached hydrogen (secondary N) is 1. The lowest BCUT2D eigenvalue weighted by molar-refractivity contribution is -0.120. The van der Waals surface area contributed by atoms with E-state index in [-0.39, 0.29) is 11.9 Å². The van der Waals surface area contributed by atoms with Gasteiger partial charge in [-0.1, -0.05) is 12.1 Å². The summed E-state index contributed by atoms with van der Waals surface area (Å²) in [6.45, 7) is 0.920. The molecule has 1 aliphatic rings. The summed E-state index contributed by atoms with van der Waals surface area (Å²) >= 11 is 0. The molecule has 0 radical (unpaired) electrons. The van der Waals surface area contributed by atoms with Crippen molar-refractivity contribution in [1.29, 1.82) is 0 Å². The zero-order valence-corrected chi connectivity index (χ0v) is 9.60. The van der Waals surface area contributed by atoms with Gasteiger partial charge in [-0.2, -0.15) is 0 Å². The molecule has 0 bridgehead atoms. The normalized spacial score (nSPS) is 15.9. The van der Waals surface area contributed by atoms with Crippen LogP contribution in [0, 0.1) is 0 Å². The Bertz CT molecular complexity index is 445. The number of methoxy groups -OCH3 is 1. The fourth-order valence-corrected chi connectivity index (χ4v) is 1.79. The highest BCUT2D eigenvalue weighted by atomic mass is 16.5.